The van der Waals surface area contributed by atoms with Gasteiger partial charge < -0.3 is 9.64 Å². The van der Waals surface area contributed by atoms with Crippen molar-refractivity contribution in [3.05, 3.63) is 66.2 Å². The van der Waals surface area contributed by atoms with Crippen LogP contribution in [0.4, 0.5) is 5.69 Å². The summed E-state index contributed by atoms with van der Waals surface area (Å²) in [5.41, 5.74) is 2.59. The summed E-state index contributed by atoms with van der Waals surface area (Å²) in [5, 5.41) is 0. The molecule has 2 aromatic rings. The van der Waals surface area contributed by atoms with E-state index in [4.69, 9.17) is 4.74 Å². The molecule has 2 aromatic carbocycles. The first-order valence-corrected chi connectivity index (χ1v) is 7.37. The molecule has 1 heterocycles. The van der Waals surface area contributed by atoms with E-state index < -0.39 is 0 Å². The summed E-state index contributed by atoms with van der Waals surface area (Å²) in [4.78, 5) is 2.45. The van der Waals surface area contributed by atoms with Crippen LogP contribution in [0.15, 0.2) is 60.7 Å². The Morgan fingerprint density at radius 1 is 0.850 bits per heavy atom. The minimum atomic E-state index is 0.398. The van der Waals surface area contributed by atoms with Gasteiger partial charge in [0.05, 0.1) is 12.7 Å². The molecule has 0 radical (unpaired) electrons. The molecule has 1 fully saturated rings. The Bertz CT molecular complexity index is 503. The average molecular weight is 267 g/mol. The number of piperidine rings is 1. The van der Waals surface area contributed by atoms with Gasteiger partial charge in [-0.05, 0) is 30.5 Å². The van der Waals surface area contributed by atoms with Gasteiger partial charge in [0.2, 0.25) is 0 Å². The Kier molecular flexibility index (Phi) is 4.34. The fourth-order valence-electron chi connectivity index (χ4n) is 2.71. The molecular weight excluding hydrogens is 246 g/mol. The largest absolute Gasteiger partial charge is 0.373 e. The first-order valence-electron chi connectivity index (χ1n) is 7.37. The molecule has 1 aliphatic heterocycles. The number of hydrogen-bond acceptors (Lipinski definition) is 2. The van der Waals surface area contributed by atoms with Crippen molar-refractivity contribution in [2.45, 2.75) is 25.6 Å². The van der Waals surface area contributed by atoms with Crippen LogP contribution < -0.4 is 4.90 Å². The van der Waals surface area contributed by atoms with Gasteiger partial charge in [0, 0.05) is 18.8 Å². The van der Waals surface area contributed by atoms with Gasteiger partial charge in [0.15, 0.2) is 0 Å². The zero-order valence-corrected chi connectivity index (χ0v) is 11.7. The van der Waals surface area contributed by atoms with Crippen molar-refractivity contribution in [1.29, 1.82) is 0 Å². The van der Waals surface area contributed by atoms with E-state index in [1.165, 1.54) is 11.3 Å². The highest BCUT2D eigenvalue weighted by Gasteiger charge is 2.19. The fourth-order valence-corrected chi connectivity index (χ4v) is 2.71. The summed E-state index contributed by atoms with van der Waals surface area (Å²) >= 11 is 0. The maximum atomic E-state index is 6.03. The number of anilines is 1. The lowest BCUT2D eigenvalue weighted by Gasteiger charge is -2.33. The molecule has 0 atom stereocenters. The summed E-state index contributed by atoms with van der Waals surface area (Å²) in [6, 6.07) is 21.1. The van der Waals surface area contributed by atoms with Crippen LogP contribution >= 0.6 is 0 Å². The maximum absolute atomic E-state index is 6.03. The SMILES string of the molecule is c1ccc(COC2CCN(c3ccccc3)CC2)cc1. The molecule has 1 saturated heterocycles. The number of para-hydroxylation sites is 1. The van der Waals surface area contributed by atoms with Crippen LogP contribution in [0.1, 0.15) is 18.4 Å². The number of hydrogen-bond donors (Lipinski definition) is 0. The molecule has 20 heavy (non-hydrogen) atoms. The minimum Gasteiger partial charge on any atom is -0.373 e. The van der Waals surface area contributed by atoms with Gasteiger partial charge in [-0.15, -0.1) is 0 Å². The lowest BCUT2D eigenvalue weighted by atomic mass is 10.1. The molecule has 0 N–H and O–H groups in total. The summed E-state index contributed by atoms with van der Waals surface area (Å²) in [6.07, 6.45) is 2.62. The molecule has 0 spiro atoms. The number of benzene rings is 2. The quantitative estimate of drug-likeness (QED) is 0.833. The van der Waals surface area contributed by atoms with Crippen LogP contribution in [-0.4, -0.2) is 19.2 Å². The third-order valence-corrected chi connectivity index (χ3v) is 3.89. The predicted molar refractivity (Wildman–Crippen MR) is 82.9 cm³/mol. The Morgan fingerprint density at radius 2 is 1.45 bits per heavy atom. The fraction of sp³-hybridized carbons (Fsp3) is 0.333. The van der Waals surface area contributed by atoms with Crippen LogP contribution in [0.2, 0.25) is 0 Å². The molecule has 0 saturated carbocycles. The first kappa shape index (κ1) is 13.2. The predicted octanol–water partition coefficient (Wildman–Crippen LogP) is 3.87. The minimum absolute atomic E-state index is 0.398. The Balaban J connectivity index is 1.47. The van der Waals surface area contributed by atoms with E-state index in [1.807, 2.05) is 6.07 Å². The second-order valence-electron chi connectivity index (χ2n) is 5.32. The molecular formula is C18H21NO. The average Bonchev–Trinajstić information content (AvgIpc) is 2.55. The normalized spacial score (nSPS) is 16.3. The lowest BCUT2D eigenvalue weighted by molar-refractivity contribution is 0.0251. The Hall–Kier alpha value is -1.80. The van der Waals surface area contributed by atoms with E-state index in [-0.39, 0.29) is 0 Å². The van der Waals surface area contributed by atoms with E-state index in [0.717, 1.165) is 32.5 Å². The molecule has 0 aromatic heterocycles. The number of rotatable bonds is 4. The van der Waals surface area contributed by atoms with Crippen molar-refractivity contribution < 1.29 is 4.74 Å². The smallest absolute Gasteiger partial charge is 0.0720 e. The molecule has 3 rings (SSSR count). The van der Waals surface area contributed by atoms with Crippen molar-refractivity contribution in [1.82, 2.24) is 0 Å². The molecule has 2 heteroatoms. The van der Waals surface area contributed by atoms with Gasteiger partial charge in [0.25, 0.3) is 0 Å². The van der Waals surface area contributed by atoms with E-state index in [9.17, 15) is 0 Å². The highest BCUT2D eigenvalue weighted by atomic mass is 16.5. The van der Waals surface area contributed by atoms with E-state index in [0.29, 0.717) is 6.10 Å². The standard InChI is InChI=1S/C18H21NO/c1-3-7-16(8-4-1)15-20-18-11-13-19(14-12-18)17-9-5-2-6-10-17/h1-10,18H,11-15H2. The van der Waals surface area contributed by atoms with Crippen LogP contribution in [0.5, 0.6) is 0 Å². The van der Waals surface area contributed by atoms with Crippen molar-refractivity contribution >= 4 is 5.69 Å². The third-order valence-electron chi connectivity index (χ3n) is 3.89. The van der Waals surface area contributed by atoms with Crippen molar-refractivity contribution in [3.63, 3.8) is 0 Å². The van der Waals surface area contributed by atoms with Gasteiger partial charge in [-0.2, -0.15) is 0 Å². The van der Waals surface area contributed by atoms with Crippen LogP contribution in [0.3, 0.4) is 0 Å². The van der Waals surface area contributed by atoms with Crippen molar-refractivity contribution in [2.24, 2.45) is 0 Å². The summed E-state index contributed by atoms with van der Waals surface area (Å²) in [7, 11) is 0. The van der Waals surface area contributed by atoms with E-state index in [2.05, 4.69) is 59.5 Å². The second-order valence-corrected chi connectivity index (χ2v) is 5.32. The van der Waals surface area contributed by atoms with Crippen molar-refractivity contribution in [2.75, 3.05) is 18.0 Å². The van der Waals surface area contributed by atoms with Gasteiger partial charge >= 0.3 is 0 Å². The van der Waals surface area contributed by atoms with Crippen LogP contribution in [-0.2, 0) is 11.3 Å². The highest BCUT2D eigenvalue weighted by molar-refractivity contribution is 5.46. The van der Waals surface area contributed by atoms with E-state index in [1.54, 1.807) is 0 Å². The number of ether oxygens (including phenoxy) is 1. The molecule has 0 amide bonds. The number of nitrogens with zero attached hydrogens (tertiary/aromatic N) is 1. The van der Waals surface area contributed by atoms with Crippen molar-refractivity contribution in [3.8, 4) is 0 Å². The van der Waals surface area contributed by atoms with Gasteiger partial charge in [-0.3, -0.25) is 0 Å². The summed E-state index contributed by atoms with van der Waals surface area (Å²) in [5.74, 6) is 0. The topological polar surface area (TPSA) is 12.5 Å². The lowest BCUT2D eigenvalue weighted by Crippen LogP contribution is -2.36. The van der Waals surface area contributed by atoms with Gasteiger partial charge in [-0.25, -0.2) is 0 Å². The molecule has 104 valence electrons. The first-order chi connectivity index (χ1) is 9.92. The molecule has 2 nitrogen and oxygen atoms in total. The molecule has 0 unspecified atom stereocenters. The zero-order valence-electron chi connectivity index (χ0n) is 11.7. The molecule has 0 aliphatic carbocycles. The van der Waals surface area contributed by atoms with E-state index >= 15 is 0 Å². The Labute approximate surface area is 121 Å². The zero-order chi connectivity index (χ0) is 13.6. The van der Waals surface area contributed by atoms with Gasteiger partial charge in [0.1, 0.15) is 0 Å². The second kappa shape index (κ2) is 6.58. The summed E-state index contributed by atoms with van der Waals surface area (Å²) in [6.45, 7) is 2.91. The summed E-state index contributed by atoms with van der Waals surface area (Å²) < 4.78 is 6.03. The monoisotopic (exact) mass is 267 g/mol. The van der Waals surface area contributed by atoms with Gasteiger partial charge in [-0.1, -0.05) is 48.5 Å². The Morgan fingerprint density at radius 3 is 2.10 bits per heavy atom. The van der Waals surface area contributed by atoms with Crippen LogP contribution in [0.25, 0.3) is 0 Å². The maximum Gasteiger partial charge on any atom is 0.0720 e. The molecule has 1 aliphatic rings. The highest BCUT2D eigenvalue weighted by Crippen LogP contribution is 2.21. The molecule has 0 bridgehead atoms. The third kappa shape index (κ3) is 3.40. The van der Waals surface area contributed by atoms with Crippen LogP contribution in [0, 0.1) is 0 Å².